The van der Waals surface area contributed by atoms with Crippen molar-refractivity contribution >= 4 is 0 Å². The quantitative estimate of drug-likeness (QED) is 0.551. The molecule has 1 aliphatic heterocycles. The zero-order valence-electron chi connectivity index (χ0n) is 14.2. The highest BCUT2D eigenvalue weighted by Crippen LogP contribution is 2.20. The second kappa shape index (κ2) is 9.21. The van der Waals surface area contributed by atoms with Gasteiger partial charge in [-0.1, -0.05) is 25.7 Å². The highest BCUT2D eigenvalue weighted by atomic mass is 15.1. The molecule has 0 aromatic carbocycles. The van der Waals surface area contributed by atoms with Crippen LogP contribution in [0.1, 0.15) is 64.2 Å². The zero-order valence-corrected chi connectivity index (χ0v) is 14.2. The fourth-order valence-corrected chi connectivity index (χ4v) is 4.57. The van der Waals surface area contributed by atoms with Crippen LogP contribution in [0.5, 0.6) is 0 Å². The molecular formula is C18H36N4. The van der Waals surface area contributed by atoms with Gasteiger partial charge in [0.05, 0.1) is 0 Å². The second-order valence-corrected chi connectivity index (χ2v) is 7.52. The van der Waals surface area contributed by atoms with Crippen LogP contribution in [0.25, 0.3) is 0 Å². The monoisotopic (exact) mass is 308 g/mol. The van der Waals surface area contributed by atoms with Gasteiger partial charge in [-0.15, -0.1) is 0 Å². The molecule has 4 heteroatoms. The van der Waals surface area contributed by atoms with Crippen LogP contribution in [-0.2, 0) is 0 Å². The fraction of sp³-hybridized carbons (Fsp3) is 1.00. The summed E-state index contributed by atoms with van der Waals surface area (Å²) in [5.41, 5.74) is 0. The molecule has 0 aromatic heterocycles. The lowest BCUT2D eigenvalue weighted by Gasteiger charge is -2.35. The normalized spacial score (nSPS) is 39.3. The lowest BCUT2D eigenvalue weighted by Crippen LogP contribution is -2.53. The van der Waals surface area contributed by atoms with Crippen molar-refractivity contribution in [1.82, 2.24) is 21.3 Å². The van der Waals surface area contributed by atoms with Crippen LogP contribution >= 0.6 is 0 Å². The first kappa shape index (κ1) is 16.7. The standard InChI is InChI=1S/C18H36N4/c1-2-8-16-15(7-1)19-11-5-13-21-17-9-3-4-10-18(17)22-14-6-12-20-16/h15-22H,1-14H2/t15-,16-,17-,18-/m0/s1. The molecule has 4 atom stereocenters. The minimum atomic E-state index is 0.701. The number of fused-ring (bicyclic) bond motifs is 2. The van der Waals surface area contributed by atoms with Crippen molar-refractivity contribution in [3.8, 4) is 0 Å². The van der Waals surface area contributed by atoms with Crippen LogP contribution in [0.4, 0.5) is 0 Å². The molecule has 3 rings (SSSR count). The Morgan fingerprint density at radius 2 is 0.636 bits per heavy atom. The first-order valence-electron chi connectivity index (χ1n) is 9.87. The van der Waals surface area contributed by atoms with Crippen molar-refractivity contribution in [3.05, 3.63) is 0 Å². The van der Waals surface area contributed by atoms with Crippen LogP contribution < -0.4 is 21.3 Å². The zero-order chi connectivity index (χ0) is 15.0. The molecule has 4 nitrogen and oxygen atoms in total. The third-order valence-electron chi connectivity index (χ3n) is 5.87. The maximum absolute atomic E-state index is 3.83. The molecule has 3 aliphatic rings. The fourth-order valence-electron chi connectivity index (χ4n) is 4.57. The van der Waals surface area contributed by atoms with Crippen molar-refractivity contribution in [2.75, 3.05) is 26.2 Å². The molecule has 22 heavy (non-hydrogen) atoms. The molecule has 3 fully saturated rings. The van der Waals surface area contributed by atoms with Crippen molar-refractivity contribution in [3.63, 3.8) is 0 Å². The van der Waals surface area contributed by atoms with E-state index in [0.29, 0.717) is 24.2 Å². The van der Waals surface area contributed by atoms with Gasteiger partial charge in [-0.05, 0) is 64.7 Å². The van der Waals surface area contributed by atoms with Gasteiger partial charge in [0, 0.05) is 24.2 Å². The summed E-state index contributed by atoms with van der Waals surface area (Å²) >= 11 is 0. The second-order valence-electron chi connectivity index (χ2n) is 7.52. The van der Waals surface area contributed by atoms with E-state index in [1.165, 1.54) is 90.4 Å². The number of hydrogen-bond acceptors (Lipinski definition) is 4. The Kier molecular flexibility index (Phi) is 6.99. The van der Waals surface area contributed by atoms with E-state index < -0.39 is 0 Å². The first-order valence-corrected chi connectivity index (χ1v) is 9.87. The molecule has 0 radical (unpaired) electrons. The lowest BCUT2D eigenvalue weighted by molar-refractivity contribution is 0.261. The Labute approximate surface area is 136 Å². The summed E-state index contributed by atoms with van der Waals surface area (Å²) in [6.07, 6.45) is 13.5. The Hall–Kier alpha value is -0.160. The molecule has 0 amide bonds. The summed E-state index contributed by atoms with van der Waals surface area (Å²) in [6.45, 7) is 4.67. The molecule has 0 spiro atoms. The minimum absolute atomic E-state index is 0.701. The van der Waals surface area contributed by atoms with E-state index in [9.17, 15) is 0 Å². The highest BCUT2D eigenvalue weighted by molar-refractivity contribution is 4.88. The van der Waals surface area contributed by atoms with Crippen molar-refractivity contribution in [2.45, 2.75) is 88.4 Å². The van der Waals surface area contributed by atoms with Crippen molar-refractivity contribution in [1.29, 1.82) is 0 Å². The van der Waals surface area contributed by atoms with Crippen LogP contribution in [0.3, 0.4) is 0 Å². The van der Waals surface area contributed by atoms with E-state index in [-0.39, 0.29) is 0 Å². The van der Waals surface area contributed by atoms with Crippen LogP contribution in [0.2, 0.25) is 0 Å². The predicted octanol–water partition coefficient (Wildman–Crippen LogP) is 1.76. The van der Waals surface area contributed by atoms with E-state index in [4.69, 9.17) is 0 Å². The molecule has 2 saturated carbocycles. The van der Waals surface area contributed by atoms with Gasteiger partial charge in [-0.25, -0.2) is 0 Å². The molecule has 4 N–H and O–H groups in total. The highest BCUT2D eigenvalue weighted by Gasteiger charge is 2.26. The molecule has 0 unspecified atom stereocenters. The topological polar surface area (TPSA) is 48.1 Å². The molecule has 1 saturated heterocycles. The third kappa shape index (κ3) is 4.92. The van der Waals surface area contributed by atoms with E-state index in [2.05, 4.69) is 21.3 Å². The summed E-state index contributed by atoms with van der Waals surface area (Å²) in [7, 11) is 0. The Balaban J connectivity index is 1.50. The summed E-state index contributed by atoms with van der Waals surface area (Å²) in [5, 5.41) is 15.3. The average Bonchev–Trinajstić information content (AvgIpc) is 2.56. The maximum atomic E-state index is 3.83. The molecule has 128 valence electrons. The van der Waals surface area contributed by atoms with Gasteiger partial charge in [-0.2, -0.15) is 0 Å². The average molecular weight is 309 g/mol. The molecule has 0 aromatic rings. The summed E-state index contributed by atoms with van der Waals surface area (Å²) in [5.74, 6) is 0. The predicted molar refractivity (Wildman–Crippen MR) is 93.3 cm³/mol. The Morgan fingerprint density at radius 3 is 0.909 bits per heavy atom. The summed E-state index contributed by atoms with van der Waals surface area (Å²) in [6, 6.07) is 2.80. The van der Waals surface area contributed by atoms with Gasteiger partial charge >= 0.3 is 0 Å². The summed E-state index contributed by atoms with van der Waals surface area (Å²) in [4.78, 5) is 0. The third-order valence-corrected chi connectivity index (χ3v) is 5.87. The van der Waals surface area contributed by atoms with Crippen molar-refractivity contribution in [2.24, 2.45) is 0 Å². The van der Waals surface area contributed by atoms with E-state index >= 15 is 0 Å². The molecular weight excluding hydrogens is 272 g/mol. The van der Waals surface area contributed by atoms with E-state index in [1.807, 2.05) is 0 Å². The number of nitrogens with one attached hydrogen (secondary N) is 4. The van der Waals surface area contributed by atoms with E-state index in [0.717, 1.165) is 0 Å². The summed E-state index contributed by atoms with van der Waals surface area (Å²) < 4.78 is 0. The molecule has 2 aliphatic carbocycles. The van der Waals surface area contributed by atoms with Gasteiger partial charge in [0.1, 0.15) is 0 Å². The lowest BCUT2D eigenvalue weighted by atomic mass is 9.89. The number of rotatable bonds is 0. The van der Waals surface area contributed by atoms with Crippen LogP contribution in [0.15, 0.2) is 0 Å². The first-order chi connectivity index (χ1) is 10.9. The van der Waals surface area contributed by atoms with Gasteiger partial charge in [0.15, 0.2) is 0 Å². The van der Waals surface area contributed by atoms with Crippen LogP contribution in [-0.4, -0.2) is 50.3 Å². The number of hydrogen-bond donors (Lipinski definition) is 4. The smallest absolute Gasteiger partial charge is 0.0221 e. The Bertz CT molecular complexity index is 251. The van der Waals surface area contributed by atoms with Crippen LogP contribution in [0, 0.1) is 0 Å². The van der Waals surface area contributed by atoms with Gasteiger partial charge in [0.25, 0.3) is 0 Å². The maximum Gasteiger partial charge on any atom is 0.0221 e. The van der Waals surface area contributed by atoms with Gasteiger partial charge < -0.3 is 21.3 Å². The molecule has 0 bridgehead atoms. The van der Waals surface area contributed by atoms with E-state index in [1.54, 1.807) is 0 Å². The van der Waals surface area contributed by atoms with Gasteiger partial charge in [-0.3, -0.25) is 0 Å². The Morgan fingerprint density at radius 1 is 0.364 bits per heavy atom. The molecule has 1 heterocycles. The minimum Gasteiger partial charge on any atom is -0.312 e. The van der Waals surface area contributed by atoms with Crippen molar-refractivity contribution < 1.29 is 0 Å². The van der Waals surface area contributed by atoms with Gasteiger partial charge in [0.2, 0.25) is 0 Å². The SMILES string of the molecule is C1CN[C@H]2CCCC[C@@H]2NCCCN[C@H]2CCCC[C@@H]2NC1. The largest absolute Gasteiger partial charge is 0.312 e.